The molecule has 3 nitrogen and oxygen atoms in total. The van der Waals surface area contributed by atoms with Gasteiger partial charge in [0.15, 0.2) is 12.0 Å². The van der Waals surface area contributed by atoms with E-state index in [1.807, 2.05) is 24.5 Å². The van der Waals surface area contributed by atoms with Gasteiger partial charge in [-0.1, -0.05) is 0 Å². The van der Waals surface area contributed by atoms with Gasteiger partial charge in [0, 0.05) is 12.6 Å². The van der Waals surface area contributed by atoms with Crippen molar-refractivity contribution in [2.75, 3.05) is 13.3 Å². The highest BCUT2D eigenvalue weighted by atomic mass is 32.2. The van der Waals surface area contributed by atoms with Crippen molar-refractivity contribution >= 4 is 27.9 Å². The van der Waals surface area contributed by atoms with E-state index in [2.05, 4.69) is 9.98 Å². The summed E-state index contributed by atoms with van der Waals surface area (Å²) >= 11 is 1.62. The molecule has 0 unspecified atom stereocenters. The minimum Gasteiger partial charge on any atom is -0.443 e. The van der Waals surface area contributed by atoms with Crippen LogP contribution >= 0.6 is 11.8 Å². The smallest absolute Gasteiger partial charge is 0.181 e. The van der Waals surface area contributed by atoms with Crippen LogP contribution in [0, 0.1) is 0 Å². The van der Waals surface area contributed by atoms with Crippen LogP contribution in [0.2, 0.25) is 0 Å². The minimum absolute atomic E-state index is 0.803. The van der Waals surface area contributed by atoms with Gasteiger partial charge in [-0.15, -0.1) is 11.8 Å². The Bertz CT molecular complexity index is 476. The molecule has 0 amide bonds. The lowest BCUT2D eigenvalue weighted by Gasteiger charge is -2.00. The van der Waals surface area contributed by atoms with Crippen molar-refractivity contribution in [2.45, 2.75) is 0 Å². The first-order valence-electron chi connectivity index (χ1n) is 4.19. The molecule has 2 rings (SSSR count). The molecule has 0 fully saturated rings. The summed E-state index contributed by atoms with van der Waals surface area (Å²) in [7, 11) is 1.79. The molecule has 72 valence electrons. The number of nitrogens with zero attached hydrogens (tertiary/aromatic N) is 2. The Morgan fingerprint density at radius 2 is 2.36 bits per heavy atom. The van der Waals surface area contributed by atoms with Crippen LogP contribution in [0.4, 0.5) is 0 Å². The number of hydrogen-bond donors (Lipinski definition) is 0. The van der Waals surface area contributed by atoms with Gasteiger partial charge in [-0.25, -0.2) is 4.98 Å². The largest absolute Gasteiger partial charge is 0.443 e. The van der Waals surface area contributed by atoms with E-state index in [0.717, 1.165) is 21.7 Å². The second-order valence-electron chi connectivity index (χ2n) is 2.77. The average molecular weight is 206 g/mol. The molecule has 4 heteroatoms. The Morgan fingerprint density at radius 3 is 3.07 bits per heavy atom. The Balaban J connectivity index is 2.53. The topological polar surface area (TPSA) is 38.4 Å². The standard InChI is InChI=1S/C10H10N2OS/c1-11-10(14-2)7-3-4-8-9(5-7)13-6-12-8/h3-6H,1-2H3. The zero-order chi connectivity index (χ0) is 9.97. The van der Waals surface area contributed by atoms with Crippen molar-refractivity contribution in [3.8, 4) is 0 Å². The highest BCUT2D eigenvalue weighted by Gasteiger charge is 2.04. The maximum absolute atomic E-state index is 5.22. The molecule has 0 aliphatic rings. The van der Waals surface area contributed by atoms with Crippen molar-refractivity contribution < 1.29 is 4.42 Å². The van der Waals surface area contributed by atoms with Gasteiger partial charge in [-0.05, 0) is 24.5 Å². The predicted molar refractivity (Wildman–Crippen MR) is 60.0 cm³/mol. The Kier molecular flexibility index (Phi) is 2.54. The van der Waals surface area contributed by atoms with E-state index in [1.165, 1.54) is 6.39 Å². The summed E-state index contributed by atoms with van der Waals surface area (Å²) in [4.78, 5) is 8.24. The fourth-order valence-electron chi connectivity index (χ4n) is 1.33. The number of aliphatic imine (C=N–C) groups is 1. The number of fused-ring (bicyclic) bond motifs is 1. The molecule has 1 aromatic heterocycles. The third kappa shape index (κ3) is 1.53. The maximum Gasteiger partial charge on any atom is 0.181 e. The molecule has 0 atom stereocenters. The molecule has 2 aromatic rings. The molecule has 0 saturated heterocycles. The summed E-state index contributed by atoms with van der Waals surface area (Å²) in [5.74, 6) is 0. The normalized spacial score (nSPS) is 12.3. The fourth-order valence-corrected chi connectivity index (χ4v) is 1.87. The number of thioether (sulfide) groups is 1. The van der Waals surface area contributed by atoms with E-state index >= 15 is 0 Å². The van der Waals surface area contributed by atoms with Gasteiger partial charge in [0.1, 0.15) is 5.52 Å². The zero-order valence-corrected chi connectivity index (χ0v) is 8.84. The zero-order valence-electron chi connectivity index (χ0n) is 8.02. The lowest BCUT2D eigenvalue weighted by Crippen LogP contribution is -1.93. The molecule has 1 heterocycles. The van der Waals surface area contributed by atoms with Gasteiger partial charge in [0.05, 0.1) is 5.04 Å². The molecule has 0 N–H and O–H groups in total. The Morgan fingerprint density at radius 1 is 1.50 bits per heavy atom. The van der Waals surface area contributed by atoms with E-state index in [9.17, 15) is 0 Å². The summed E-state index contributed by atoms with van der Waals surface area (Å²) < 4.78 is 5.22. The van der Waals surface area contributed by atoms with E-state index in [-0.39, 0.29) is 0 Å². The average Bonchev–Trinajstić information content (AvgIpc) is 2.66. The van der Waals surface area contributed by atoms with Crippen LogP contribution in [0.15, 0.2) is 34.0 Å². The van der Waals surface area contributed by atoms with Crippen LogP contribution in [-0.4, -0.2) is 23.3 Å². The van der Waals surface area contributed by atoms with Gasteiger partial charge in [-0.3, -0.25) is 4.99 Å². The van der Waals surface area contributed by atoms with E-state index in [1.54, 1.807) is 18.8 Å². The number of aromatic nitrogens is 1. The van der Waals surface area contributed by atoms with Crippen LogP contribution in [0.1, 0.15) is 5.56 Å². The molecule has 0 aliphatic heterocycles. The highest BCUT2D eigenvalue weighted by molar-refractivity contribution is 8.13. The van der Waals surface area contributed by atoms with E-state index < -0.39 is 0 Å². The molecule has 14 heavy (non-hydrogen) atoms. The molecule has 0 bridgehead atoms. The lowest BCUT2D eigenvalue weighted by atomic mass is 10.2. The van der Waals surface area contributed by atoms with Crippen LogP contribution < -0.4 is 0 Å². The third-order valence-electron chi connectivity index (χ3n) is 1.97. The number of hydrogen-bond acceptors (Lipinski definition) is 4. The molecule has 0 saturated carbocycles. The van der Waals surface area contributed by atoms with Crippen LogP contribution in [0.25, 0.3) is 11.1 Å². The lowest BCUT2D eigenvalue weighted by molar-refractivity contribution is 0.602. The summed E-state index contributed by atoms with van der Waals surface area (Å²) in [5.41, 5.74) is 2.76. The third-order valence-corrected chi connectivity index (χ3v) is 2.78. The van der Waals surface area contributed by atoms with Crippen molar-refractivity contribution in [1.82, 2.24) is 4.98 Å². The summed E-state index contributed by atoms with van der Waals surface area (Å²) in [6, 6.07) is 5.90. The second-order valence-corrected chi connectivity index (χ2v) is 3.56. The van der Waals surface area contributed by atoms with Crippen LogP contribution in [0.3, 0.4) is 0 Å². The molecule has 1 aromatic carbocycles. The monoisotopic (exact) mass is 206 g/mol. The number of rotatable bonds is 1. The molecule has 0 spiro atoms. The van der Waals surface area contributed by atoms with Gasteiger partial charge in [0.25, 0.3) is 0 Å². The molecule has 0 radical (unpaired) electrons. The van der Waals surface area contributed by atoms with Crippen molar-refractivity contribution in [2.24, 2.45) is 4.99 Å². The van der Waals surface area contributed by atoms with Gasteiger partial charge < -0.3 is 4.42 Å². The van der Waals surface area contributed by atoms with Crippen LogP contribution in [0.5, 0.6) is 0 Å². The Labute approximate surface area is 86.2 Å². The van der Waals surface area contributed by atoms with Gasteiger partial charge >= 0.3 is 0 Å². The van der Waals surface area contributed by atoms with E-state index in [0.29, 0.717) is 0 Å². The molecular weight excluding hydrogens is 196 g/mol. The molecule has 0 aliphatic carbocycles. The first-order valence-corrected chi connectivity index (χ1v) is 5.42. The predicted octanol–water partition coefficient (Wildman–Crippen LogP) is 2.57. The second kappa shape index (κ2) is 3.84. The number of oxazole rings is 1. The van der Waals surface area contributed by atoms with Gasteiger partial charge in [0.2, 0.25) is 0 Å². The first-order chi connectivity index (χ1) is 6.85. The summed E-state index contributed by atoms with van der Waals surface area (Å²) in [6.45, 7) is 0. The SMILES string of the molecule is CN=C(SC)c1ccc2ncoc2c1. The van der Waals surface area contributed by atoms with E-state index in [4.69, 9.17) is 4.42 Å². The first kappa shape index (κ1) is 9.27. The highest BCUT2D eigenvalue weighted by Crippen LogP contribution is 2.17. The maximum atomic E-state index is 5.22. The minimum atomic E-state index is 0.803. The van der Waals surface area contributed by atoms with Crippen molar-refractivity contribution in [3.63, 3.8) is 0 Å². The summed E-state index contributed by atoms with van der Waals surface area (Å²) in [5, 5.41) is 1.00. The summed E-state index contributed by atoms with van der Waals surface area (Å²) in [6.07, 6.45) is 3.46. The fraction of sp³-hybridized carbons (Fsp3) is 0.200. The number of benzene rings is 1. The van der Waals surface area contributed by atoms with Gasteiger partial charge in [-0.2, -0.15) is 0 Å². The quantitative estimate of drug-likeness (QED) is 0.531. The van der Waals surface area contributed by atoms with Crippen LogP contribution in [-0.2, 0) is 0 Å². The molecular formula is C10H10N2OS. The Hall–Kier alpha value is -1.29. The van der Waals surface area contributed by atoms with Crippen molar-refractivity contribution in [1.29, 1.82) is 0 Å². The van der Waals surface area contributed by atoms with Crippen molar-refractivity contribution in [3.05, 3.63) is 30.2 Å².